The average molecular weight is 267 g/mol. The molecule has 1 aromatic carbocycles. The summed E-state index contributed by atoms with van der Waals surface area (Å²) in [4.78, 5) is 0. The molecule has 1 saturated carbocycles. The van der Waals surface area contributed by atoms with Crippen LogP contribution in [0.2, 0.25) is 0 Å². The average Bonchev–Trinajstić information content (AvgIpc) is 2.45. The van der Waals surface area contributed by atoms with Crippen molar-refractivity contribution in [3.05, 3.63) is 35.6 Å². The van der Waals surface area contributed by atoms with Crippen LogP contribution in [-0.4, -0.2) is 29.4 Å². The molecular formula is C15H22FNO2. The molecule has 0 spiro atoms. The van der Waals surface area contributed by atoms with E-state index in [2.05, 4.69) is 5.32 Å². The fourth-order valence-corrected chi connectivity index (χ4v) is 2.76. The van der Waals surface area contributed by atoms with Crippen LogP contribution in [0.15, 0.2) is 24.3 Å². The standard InChI is InChI=1S/C15H22FNO2/c16-13-7-5-11(6-8-13)15(19)9-17-14-4-2-1-3-12(14)10-18/h5-8,12,14-15,17-19H,1-4,9-10H2. The smallest absolute Gasteiger partial charge is 0.123 e. The molecule has 0 aliphatic heterocycles. The first-order chi connectivity index (χ1) is 9.20. The highest BCUT2D eigenvalue weighted by molar-refractivity contribution is 5.18. The molecule has 3 nitrogen and oxygen atoms in total. The summed E-state index contributed by atoms with van der Waals surface area (Å²) in [6, 6.07) is 6.19. The highest BCUT2D eigenvalue weighted by Gasteiger charge is 2.24. The summed E-state index contributed by atoms with van der Waals surface area (Å²) >= 11 is 0. The first-order valence-electron chi connectivity index (χ1n) is 6.98. The minimum absolute atomic E-state index is 0.199. The molecule has 1 fully saturated rings. The Kier molecular flexibility index (Phi) is 5.31. The maximum absolute atomic E-state index is 12.8. The molecule has 1 aromatic rings. The van der Waals surface area contributed by atoms with Gasteiger partial charge in [0.15, 0.2) is 0 Å². The lowest BCUT2D eigenvalue weighted by Gasteiger charge is -2.31. The van der Waals surface area contributed by atoms with E-state index in [4.69, 9.17) is 0 Å². The monoisotopic (exact) mass is 267 g/mol. The Labute approximate surface area is 113 Å². The predicted molar refractivity (Wildman–Crippen MR) is 72.2 cm³/mol. The number of aliphatic hydroxyl groups excluding tert-OH is 2. The summed E-state index contributed by atoms with van der Waals surface area (Å²) in [6.07, 6.45) is 3.79. The zero-order chi connectivity index (χ0) is 13.7. The molecule has 0 amide bonds. The summed E-state index contributed by atoms with van der Waals surface area (Å²) in [5, 5.41) is 22.7. The van der Waals surface area contributed by atoms with Crippen molar-refractivity contribution in [1.82, 2.24) is 5.32 Å². The summed E-state index contributed by atoms with van der Waals surface area (Å²) in [5.74, 6) is -0.00861. The Bertz CT molecular complexity index is 382. The zero-order valence-corrected chi connectivity index (χ0v) is 11.1. The first-order valence-corrected chi connectivity index (χ1v) is 6.98. The fourth-order valence-electron chi connectivity index (χ4n) is 2.76. The van der Waals surface area contributed by atoms with Crippen LogP contribution in [0, 0.1) is 11.7 Å². The van der Waals surface area contributed by atoms with E-state index in [1.165, 1.54) is 25.0 Å². The van der Waals surface area contributed by atoms with E-state index in [0.717, 1.165) is 12.8 Å². The molecule has 0 heterocycles. The van der Waals surface area contributed by atoms with Gasteiger partial charge in [0.2, 0.25) is 0 Å². The molecule has 3 N–H and O–H groups in total. The van der Waals surface area contributed by atoms with Crippen molar-refractivity contribution in [2.24, 2.45) is 5.92 Å². The minimum atomic E-state index is -0.637. The number of halogens is 1. The molecular weight excluding hydrogens is 245 g/mol. The van der Waals surface area contributed by atoms with E-state index in [1.807, 2.05) is 0 Å². The Hall–Kier alpha value is -0.970. The second-order valence-electron chi connectivity index (χ2n) is 5.31. The fraction of sp³-hybridized carbons (Fsp3) is 0.600. The maximum atomic E-state index is 12.8. The van der Waals surface area contributed by atoms with Crippen LogP contribution in [0.3, 0.4) is 0 Å². The first kappa shape index (κ1) is 14.4. The number of hydrogen-bond donors (Lipinski definition) is 3. The van der Waals surface area contributed by atoms with E-state index in [0.29, 0.717) is 12.1 Å². The van der Waals surface area contributed by atoms with Crippen LogP contribution in [0.1, 0.15) is 37.4 Å². The van der Waals surface area contributed by atoms with E-state index in [1.54, 1.807) is 12.1 Å². The maximum Gasteiger partial charge on any atom is 0.123 e. The number of aliphatic hydroxyl groups is 2. The lowest BCUT2D eigenvalue weighted by atomic mass is 9.85. The van der Waals surface area contributed by atoms with Crippen molar-refractivity contribution in [3.8, 4) is 0 Å². The van der Waals surface area contributed by atoms with Crippen molar-refractivity contribution in [3.63, 3.8) is 0 Å². The Morgan fingerprint density at radius 1 is 1.21 bits per heavy atom. The third-order valence-corrected chi connectivity index (χ3v) is 3.97. The molecule has 19 heavy (non-hydrogen) atoms. The van der Waals surface area contributed by atoms with E-state index in [9.17, 15) is 14.6 Å². The molecule has 0 aromatic heterocycles. The summed E-state index contributed by atoms with van der Waals surface area (Å²) in [6.45, 7) is 0.636. The lowest BCUT2D eigenvalue weighted by Crippen LogP contribution is -2.41. The molecule has 1 aliphatic rings. The minimum Gasteiger partial charge on any atom is -0.396 e. The summed E-state index contributed by atoms with van der Waals surface area (Å²) in [5.41, 5.74) is 0.713. The van der Waals surface area contributed by atoms with Crippen molar-refractivity contribution >= 4 is 0 Å². The Balaban J connectivity index is 1.85. The highest BCUT2D eigenvalue weighted by Crippen LogP contribution is 2.24. The molecule has 4 heteroatoms. The van der Waals surface area contributed by atoms with Gasteiger partial charge in [0, 0.05) is 19.2 Å². The van der Waals surface area contributed by atoms with Gasteiger partial charge in [-0.2, -0.15) is 0 Å². The van der Waals surface area contributed by atoms with Crippen molar-refractivity contribution in [2.45, 2.75) is 37.8 Å². The van der Waals surface area contributed by atoms with Crippen LogP contribution < -0.4 is 5.32 Å². The van der Waals surface area contributed by atoms with Gasteiger partial charge < -0.3 is 15.5 Å². The van der Waals surface area contributed by atoms with Gasteiger partial charge >= 0.3 is 0 Å². The van der Waals surface area contributed by atoms with Crippen LogP contribution >= 0.6 is 0 Å². The molecule has 106 valence electrons. The zero-order valence-electron chi connectivity index (χ0n) is 11.1. The molecule has 0 saturated heterocycles. The number of benzene rings is 1. The molecule has 0 bridgehead atoms. The Morgan fingerprint density at radius 2 is 1.89 bits per heavy atom. The van der Waals surface area contributed by atoms with Crippen LogP contribution in [0.25, 0.3) is 0 Å². The van der Waals surface area contributed by atoms with E-state index < -0.39 is 6.10 Å². The molecule has 3 atom stereocenters. The quantitative estimate of drug-likeness (QED) is 0.765. The van der Waals surface area contributed by atoms with E-state index >= 15 is 0 Å². The molecule has 0 radical (unpaired) electrons. The molecule has 3 unspecified atom stereocenters. The molecule has 1 aliphatic carbocycles. The normalized spacial score (nSPS) is 25.2. The van der Waals surface area contributed by atoms with Gasteiger partial charge in [-0.15, -0.1) is 0 Å². The second-order valence-corrected chi connectivity index (χ2v) is 5.31. The SMILES string of the molecule is OCC1CCCCC1NCC(O)c1ccc(F)cc1. The van der Waals surface area contributed by atoms with Gasteiger partial charge in [-0.25, -0.2) is 4.39 Å². The summed E-state index contributed by atoms with van der Waals surface area (Å²) in [7, 11) is 0. The molecule has 2 rings (SSSR count). The van der Waals surface area contributed by atoms with Crippen molar-refractivity contribution < 1.29 is 14.6 Å². The van der Waals surface area contributed by atoms with Gasteiger partial charge in [0.05, 0.1) is 6.10 Å². The third-order valence-electron chi connectivity index (χ3n) is 3.97. The summed E-state index contributed by atoms with van der Waals surface area (Å²) < 4.78 is 12.8. The predicted octanol–water partition coefficient (Wildman–Crippen LogP) is 2.00. The third kappa shape index (κ3) is 4.00. The van der Waals surface area contributed by atoms with Crippen LogP contribution in [-0.2, 0) is 0 Å². The largest absolute Gasteiger partial charge is 0.396 e. The number of rotatable bonds is 5. The van der Waals surface area contributed by atoms with Crippen molar-refractivity contribution in [2.75, 3.05) is 13.2 Å². The number of hydrogen-bond acceptors (Lipinski definition) is 3. The van der Waals surface area contributed by atoms with Crippen molar-refractivity contribution in [1.29, 1.82) is 0 Å². The highest BCUT2D eigenvalue weighted by atomic mass is 19.1. The van der Waals surface area contributed by atoms with Gasteiger partial charge in [-0.05, 0) is 36.5 Å². The second kappa shape index (κ2) is 6.98. The van der Waals surface area contributed by atoms with Crippen LogP contribution in [0.4, 0.5) is 4.39 Å². The van der Waals surface area contributed by atoms with Crippen LogP contribution in [0.5, 0.6) is 0 Å². The Morgan fingerprint density at radius 3 is 2.58 bits per heavy atom. The number of nitrogens with one attached hydrogen (secondary N) is 1. The van der Waals surface area contributed by atoms with Gasteiger partial charge in [0.1, 0.15) is 5.82 Å². The van der Waals surface area contributed by atoms with Gasteiger partial charge in [-0.1, -0.05) is 25.0 Å². The topological polar surface area (TPSA) is 52.5 Å². The lowest BCUT2D eigenvalue weighted by molar-refractivity contribution is 0.127. The van der Waals surface area contributed by atoms with Gasteiger partial charge in [0.25, 0.3) is 0 Å². The van der Waals surface area contributed by atoms with Gasteiger partial charge in [-0.3, -0.25) is 0 Å². The van der Waals surface area contributed by atoms with E-state index in [-0.39, 0.29) is 24.4 Å².